The molecule has 1 rings (SSSR count). The third kappa shape index (κ3) is 2.27. The molecule has 0 saturated carbocycles. The highest BCUT2D eigenvalue weighted by Gasteiger charge is 2.00. The van der Waals surface area contributed by atoms with Crippen LogP contribution in [0.2, 0.25) is 0 Å². The van der Waals surface area contributed by atoms with Gasteiger partial charge in [0.25, 0.3) is 0 Å². The van der Waals surface area contributed by atoms with Gasteiger partial charge in [-0.3, -0.25) is 4.21 Å². The van der Waals surface area contributed by atoms with Crippen LogP contribution in [0.4, 0.5) is 5.82 Å². The summed E-state index contributed by atoms with van der Waals surface area (Å²) in [4.78, 5) is 7.91. The lowest BCUT2D eigenvalue weighted by Gasteiger charge is -2.01. The first-order valence-electron chi connectivity index (χ1n) is 3.64. The lowest BCUT2D eigenvalue weighted by atomic mass is 10.6. The monoisotopic (exact) mass is 185 g/mol. The van der Waals surface area contributed by atoms with Crippen LogP contribution in [-0.4, -0.2) is 27.0 Å². The first kappa shape index (κ1) is 9.12. The maximum Gasteiger partial charge on any atom is 0.220 e. The van der Waals surface area contributed by atoms with Crippen molar-refractivity contribution in [1.29, 1.82) is 0 Å². The summed E-state index contributed by atoms with van der Waals surface area (Å²) in [5.41, 5.74) is 0. The SMILES string of the molecule is CCNc1ccnc(S(C)=O)n1. The number of rotatable bonds is 3. The van der Waals surface area contributed by atoms with Crippen LogP contribution >= 0.6 is 0 Å². The van der Waals surface area contributed by atoms with Crippen LogP contribution < -0.4 is 5.32 Å². The van der Waals surface area contributed by atoms with Crippen LogP contribution in [0.3, 0.4) is 0 Å². The Bertz CT molecular complexity index is 290. The topological polar surface area (TPSA) is 54.9 Å². The Morgan fingerprint density at radius 1 is 1.67 bits per heavy atom. The number of hydrogen-bond acceptors (Lipinski definition) is 4. The Morgan fingerprint density at radius 3 is 3.00 bits per heavy atom. The molecule has 4 nitrogen and oxygen atoms in total. The van der Waals surface area contributed by atoms with E-state index < -0.39 is 10.8 Å². The number of nitrogens with one attached hydrogen (secondary N) is 1. The normalized spacial score (nSPS) is 12.5. The van der Waals surface area contributed by atoms with Crippen molar-refractivity contribution >= 4 is 16.6 Å². The second-order valence-electron chi connectivity index (χ2n) is 2.21. The molecule has 0 spiro atoms. The zero-order valence-electron chi connectivity index (χ0n) is 7.07. The molecule has 5 heteroatoms. The molecule has 1 atom stereocenters. The summed E-state index contributed by atoms with van der Waals surface area (Å²) in [6.45, 7) is 2.78. The quantitative estimate of drug-likeness (QED) is 0.702. The maximum atomic E-state index is 11.0. The van der Waals surface area contributed by atoms with Crippen LogP contribution in [0.5, 0.6) is 0 Å². The van der Waals surface area contributed by atoms with Crippen LogP contribution in [-0.2, 0) is 10.8 Å². The Morgan fingerprint density at radius 2 is 2.42 bits per heavy atom. The van der Waals surface area contributed by atoms with E-state index in [-0.39, 0.29) is 0 Å². The Hall–Kier alpha value is -0.970. The molecular weight excluding hydrogens is 174 g/mol. The lowest BCUT2D eigenvalue weighted by Crippen LogP contribution is -2.03. The van der Waals surface area contributed by atoms with Gasteiger partial charge in [0.05, 0.1) is 10.8 Å². The molecule has 1 N–H and O–H groups in total. The number of aromatic nitrogens is 2. The first-order chi connectivity index (χ1) is 5.74. The molecule has 0 bridgehead atoms. The van der Waals surface area contributed by atoms with Gasteiger partial charge in [-0.2, -0.15) is 0 Å². The van der Waals surface area contributed by atoms with Gasteiger partial charge < -0.3 is 5.32 Å². The van der Waals surface area contributed by atoms with Gasteiger partial charge in [-0.15, -0.1) is 0 Å². The van der Waals surface area contributed by atoms with E-state index in [0.717, 1.165) is 12.4 Å². The lowest BCUT2D eigenvalue weighted by molar-refractivity contribution is 0.679. The van der Waals surface area contributed by atoms with E-state index in [9.17, 15) is 4.21 Å². The van der Waals surface area contributed by atoms with Crippen molar-refractivity contribution < 1.29 is 4.21 Å². The van der Waals surface area contributed by atoms with Crippen molar-refractivity contribution in [2.24, 2.45) is 0 Å². The van der Waals surface area contributed by atoms with Gasteiger partial charge in [0.15, 0.2) is 0 Å². The van der Waals surface area contributed by atoms with E-state index in [1.54, 1.807) is 18.5 Å². The number of nitrogens with zero attached hydrogens (tertiary/aromatic N) is 2. The smallest absolute Gasteiger partial charge is 0.220 e. The summed E-state index contributed by atoms with van der Waals surface area (Å²) in [7, 11) is -1.11. The fraction of sp³-hybridized carbons (Fsp3) is 0.429. The summed E-state index contributed by atoms with van der Waals surface area (Å²) in [5, 5.41) is 3.39. The molecule has 1 unspecified atom stereocenters. The molecule has 0 radical (unpaired) electrons. The van der Waals surface area contributed by atoms with Gasteiger partial charge in [-0.05, 0) is 13.0 Å². The molecule has 0 aromatic carbocycles. The van der Waals surface area contributed by atoms with E-state index in [4.69, 9.17) is 0 Å². The highest BCUT2D eigenvalue weighted by atomic mass is 32.2. The molecule has 1 aromatic rings. The molecule has 0 saturated heterocycles. The molecule has 0 fully saturated rings. The van der Waals surface area contributed by atoms with E-state index >= 15 is 0 Å². The Balaban J connectivity index is 2.88. The van der Waals surface area contributed by atoms with Gasteiger partial charge in [0.2, 0.25) is 5.16 Å². The summed E-state index contributed by atoms with van der Waals surface area (Å²) < 4.78 is 11.0. The highest BCUT2D eigenvalue weighted by Crippen LogP contribution is 2.03. The number of hydrogen-bond donors (Lipinski definition) is 1. The zero-order chi connectivity index (χ0) is 8.97. The van der Waals surface area contributed by atoms with Gasteiger partial charge in [-0.1, -0.05) is 0 Å². The first-order valence-corrected chi connectivity index (χ1v) is 5.20. The molecule has 66 valence electrons. The number of anilines is 1. The molecule has 1 heterocycles. The van der Waals surface area contributed by atoms with Crippen molar-refractivity contribution in [3.63, 3.8) is 0 Å². The minimum absolute atomic E-state index is 0.369. The summed E-state index contributed by atoms with van der Waals surface area (Å²) in [5.74, 6) is 0.720. The predicted octanol–water partition coefficient (Wildman–Crippen LogP) is 0.646. The Kier molecular flexibility index (Phi) is 3.16. The average molecular weight is 185 g/mol. The zero-order valence-corrected chi connectivity index (χ0v) is 7.89. The summed E-state index contributed by atoms with van der Waals surface area (Å²) in [6.07, 6.45) is 3.16. The van der Waals surface area contributed by atoms with Gasteiger partial charge in [0.1, 0.15) is 5.82 Å². The maximum absolute atomic E-state index is 11.0. The summed E-state index contributed by atoms with van der Waals surface area (Å²) >= 11 is 0. The van der Waals surface area contributed by atoms with Gasteiger partial charge in [0, 0.05) is 19.0 Å². The molecule has 0 aliphatic heterocycles. The van der Waals surface area contributed by atoms with E-state index in [0.29, 0.717) is 5.16 Å². The molecular formula is C7H11N3OS. The van der Waals surface area contributed by atoms with E-state index in [1.165, 1.54) is 0 Å². The van der Waals surface area contributed by atoms with Crippen molar-refractivity contribution in [3.8, 4) is 0 Å². The predicted molar refractivity (Wildman–Crippen MR) is 48.5 cm³/mol. The third-order valence-electron chi connectivity index (χ3n) is 1.25. The molecule has 0 aliphatic rings. The minimum Gasteiger partial charge on any atom is -0.370 e. The fourth-order valence-electron chi connectivity index (χ4n) is 0.759. The Labute approximate surface area is 73.9 Å². The highest BCUT2D eigenvalue weighted by molar-refractivity contribution is 7.84. The van der Waals surface area contributed by atoms with Crippen molar-refractivity contribution in [3.05, 3.63) is 12.3 Å². The molecule has 0 amide bonds. The van der Waals surface area contributed by atoms with Crippen molar-refractivity contribution in [2.45, 2.75) is 12.1 Å². The largest absolute Gasteiger partial charge is 0.370 e. The van der Waals surface area contributed by atoms with Gasteiger partial charge >= 0.3 is 0 Å². The van der Waals surface area contributed by atoms with Gasteiger partial charge in [-0.25, -0.2) is 9.97 Å². The molecule has 12 heavy (non-hydrogen) atoms. The fourth-order valence-corrected chi connectivity index (χ4v) is 1.20. The van der Waals surface area contributed by atoms with Crippen molar-refractivity contribution in [1.82, 2.24) is 9.97 Å². The minimum atomic E-state index is -1.11. The van der Waals surface area contributed by atoms with E-state index in [2.05, 4.69) is 15.3 Å². The van der Waals surface area contributed by atoms with Crippen LogP contribution in [0.1, 0.15) is 6.92 Å². The summed E-state index contributed by atoms with van der Waals surface area (Å²) in [6, 6.07) is 1.75. The van der Waals surface area contributed by atoms with Crippen LogP contribution in [0, 0.1) is 0 Å². The third-order valence-corrected chi connectivity index (χ3v) is 1.96. The second kappa shape index (κ2) is 4.15. The van der Waals surface area contributed by atoms with E-state index in [1.807, 2.05) is 6.92 Å². The van der Waals surface area contributed by atoms with Crippen LogP contribution in [0.15, 0.2) is 17.4 Å². The second-order valence-corrected chi connectivity index (χ2v) is 3.48. The van der Waals surface area contributed by atoms with Crippen LogP contribution in [0.25, 0.3) is 0 Å². The average Bonchev–Trinajstić information content (AvgIpc) is 2.05. The molecule has 0 aliphatic carbocycles. The molecule has 1 aromatic heterocycles. The van der Waals surface area contributed by atoms with Crippen molar-refractivity contribution in [2.75, 3.05) is 18.1 Å². The standard InChI is InChI=1S/C7H11N3OS/c1-3-8-6-4-5-9-7(10-6)12(2)11/h4-5H,3H2,1-2H3,(H,8,9,10).